The molecule has 34 heavy (non-hydrogen) atoms. The number of fused-ring (bicyclic) bond motifs is 5. The fourth-order valence-electron chi connectivity index (χ4n) is 8.27. The van der Waals surface area contributed by atoms with Crippen molar-refractivity contribution >= 4 is 29.3 Å². The van der Waals surface area contributed by atoms with E-state index in [1.165, 1.54) is 6.92 Å². The smallest absolute Gasteiger partial charge is 0.330 e. The number of alkyl halides is 1. The molecular formula is C28H39ClO5. The maximum atomic E-state index is 12.4. The predicted molar refractivity (Wildman–Crippen MR) is 131 cm³/mol. The van der Waals surface area contributed by atoms with Gasteiger partial charge in [-0.15, -0.1) is 11.6 Å². The molecule has 0 aromatic heterocycles. The van der Waals surface area contributed by atoms with Crippen LogP contribution in [0.15, 0.2) is 23.8 Å². The van der Waals surface area contributed by atoms with Gasteiger partial charge in [-0.3, -0.25) is 9.59 Å². The lowest BCUT2D eigenvalue weighted by molar-refractivity contribution is -0.152. The van der Waals surface area contributed by atoms with Gasteiger partial charge < -0.3 is 9.47 Å². The molecule has 9 atom stereocenters. The van der Waals surface area contributed by atoms with Crippen molar-refractivity contribution < 1.29 is 23.9 Å². The summed E-state index contributed by atoms with van der Waals surface area (Å²) in [5.41, 5.74) is 0.873. The Bertz CT molecular complexity index is 908. The highest BCUT2D eigenvalue weighted by Gasteiger charge is 2.64. The molecule has 3 saturated carbocycles. The summed E-state index contributed by atoms with van der Waals surface area (Å²) in [4.78, 5) is 36.3. The third kappa shape index (κ3) is 4.16. The van der Waals surface area contributed by atoms with Gasteiger partial charge in [-0.25, -0.2) is 4.79 Å². The van der Waals surface area contributed by atoms with E-state index in [1.54, 1.807) is 12.2 Å². The Kier molecular flexibility index (Phi) is 7.07. The number of rotatable bonds is 5. The molecule has 0 aliphatic heterocycles. The zero-order valence-corrected chi connectivity index (χ0v) is 21.9. The molecule has 4 aliphatic rings. The second-order valence-corrected chi connectivity index (χ2v) is 12.0. The van der Waals surface area contributed by atoms with E-state index in [0.29, 0.717) is 30.8 Å². The number of ketones is 1. The van der Waals surface area contributed by atoms with Crippen LogP contribution in [-0.4, -0.2) is 35.8 Å². The topological polar surface area (TPSA) is 69.7 Å². The number of ether oxygens (including phenoxy) is 2. The van der Waals surface area contributed by atoms with Crippen molar-refractivity contribution in [1.82, 2.24) is 0 Å². The van der Waals surface area contributed by atoms with Crippen molar-refractivity contribution in [3.8, 4) is 0 Å². The molecule has 0 amide bonds. The zero-order valence-electron chi connectivity index (χ0n) is 21.1. The van der Waals surface area contributed by atoms with Crippen LogP contribution in [0.2, 0.25) is 0 Å². The maximum Gasteiger partial charge on any atom is 0.330 e. The largest absolute Gasteiger partial charge is 0.463 e. The lowest BCUT2D eigenvalue weighted by Crippen LogP contribution is -2.59. The van der Waals surface area contributed by atoms with Gasteiger partial charge in [0.15, 0.2) is 5.78 Å². The van der Waals surface area contributed by atoms with Crippen LogP contribution in [0.4, 0.5) is 0 Å². The van der Waals surface area contributed by atoms with Gasteiger partial charge in [-0.1, -0.05) is 26.8 Å². The second kappa shape index (κ2) is 9.44. The molecule has 0 radical (unpaired) electrons. The Labute approximate surface area is 208 Å². The van der Waals surface area contributed by atoms with E-state index in [0.717, 1.165) is 37.7 Å². The molecule has 0 heterocycles. The van der Waals surface area contributed by atoms with E-state index in [2.05, 4.69) is 20.8 Å². The first-order valence-electron chi connectivity index (χ1n) is 12.9. The number of hydrogen-bond acceptors (Lipinski definition) is 5. The minimum Gasteiger partial charge on any atom is -0.463 e. The Morgan fingerprint density at radius 2 is 1.94 bits per heavy atom. The van der Waals surface area contributed by atoms with E-state index < -0.39 is 6.10 Å². The molecule has 4 rings (SSSR count). The van der Waals surface area contributed by atoms with E-state index in [9.17, 15) is 14.4 Å². The molecule has 0 bridgehead atoms. The lowest BCUT2D eigenvalue weighted by Gasteiger charge is -2.61. The van der Waals surface area contributed by atoms with Crippen LogP contribution in [0.25, 0.3) is 0 Å². The summed E-state index contributed by atoms with van der Waals surface area (Å²) in [6.45, 7) is 10.5. The van der Waals surface area contributed by atoms with Gasteiger partial charge in [0, 0.05) is 19.4 Å². The molecule has 0 aromatic rings. The summed E-state index contributed by atoms with van der Waals surface area (Å²) in [7, 11) is 0. The quantitative estimate of drug-likeness (QED) is 0.283. The number of carbonyl (C=O) groups excluding carboxylic acids is 3. The summed E-state index contributed by atoms with van der Waals surface area (Å²) in [5.74, 6) is 1.22. The highest BCUT2D eigenvalue weighted by atomic mass is 35.5. The highest BCUT2D eigenvalue weighted by Crippen LogP contribution is 2.68. The maximum absolute atomic E-state index is 12.4. The van der Waals surface area contributed by atoms with Crippen molar-refractivity contribution in [3.63, 3.8) is 0 Å². The van der Waals surface area contributed by atoms with Crippen LogP contribution in [-0.2, 0) is 23.9 Å². The van der Waals surface area contributed by atoms with Gasteiger partial charge in [-0.2, -0.15) is 0 Å². The second-order valence-electron chi connectivity index (χ2n) is 11.4. The number of halogens is 1. The van der Waals surface area contributed by atoms with E-state index >= 15 is 0 Å². The third-order valence-electron chi connectivity index (χ3n) is 9.80. The molecule has 0 N–H and O–H groups in total. The van der Waals surface area contributed by atoms with E-state index in [4.69, 9.17) is 21.1 Å². The molecule has 6 heteroatoms. The SMILES string of the molecule is CCOC(=O)/C=C/[C@@H](C)C1CCC2C3C(Cl)[C@@H](OC(C)=O)C4=CC(=O)CC[C@]4(C)C3CC[C@@]21C. The molecular weight excluding hydrogens is 452 g/mol. The third-order valence-corrected chi connectivity index (χ3v) is 10.3. The number of allylic oxidation sites excluding steroid dienone is 1. The fraction of sp³-hybridized carbons (Fsp3) is 0.750. The first-order chi connectivity index (χ1) is 16.0. The first-order valence-corrected chi connectivity index (χ1v) is 13.4. The van der Waals surface area contributed by atoms with Gasteiger partial charge in [0.1, 0.15) is 6.10 Å². The number of carbonyl (C=O) groups is 3. The summed E-state index contributed by atoms with van der Waals surface area (Å²) in [5, 5.41) is -0.340. The average Bonchev–Trinajstić information content (AvgIpc) is 3.13. The van der Waals surface area contributed by atoms with Crippen LogP contribution in [0.3, 0.4) is 0 Å². The molecule has 5 nitrogen and oxygen atoms in total. The van der Waals surface area contributed by atoms with Crippen LogP contribution >= 0.6 is 11.6 Å². The van der Waals surface area contributed by atoms with Gasteiger partial charge in [0.2, 0.25) is 0 Å². The van der Waals surface area contributed by atoms with Crippen molar-refractivity contribution in [2.75, 3.05) is 6.61 Å². The van der Waals surface area contributed by atoms with Crippen LogP contribution in [0.1, 0.15) is 73.1 Å². The van der Waals surface area contributed by atoms with Gasteiger partial charge in [0.25, 0.3) is 0 Å². The summed E-state index contributed by atoms with van der Waals surface area (Å²) in [6.07, 6.45) is 10.5. The Hall–Kier alpha value is -1.62. The van der Waals surface area contributed by atoms with Gasteiger partial charge >= 0.3 is 11.9 Å². The van der Waals surface area contributed by atoms with Crippen LogP contribution < -0.4 is 0 Å². The summed E-state index contributed by atoms with van der Waals surface area (Å²) < 4.78 is 10.9. The Morgan fingerprint density at radius 3 is 2.62 bits per heavy atom. The van der Waals surface area contributed by atoms with Crippen molar-refractivity contribution in [3.05, 3.63) is 23.8 Å². The molecule has 0 saturated heterocycles. The molecule has 3 fully saturated rings. The minimum atomic E-state index is -0.544. The molecule has 5 unspecified atom stereocenters. The molecule has 188 valence electrons. The summed E-state index contributed by atoms with van der Waals surface area (Å²) >= 11 is 7.22. The van der Waals surface area contributed by atoms with E-state index in [-0.39, 0.29) is 45.8 Å². The zero-order chi connectivity index (χ0) is 24.8. The average molecular weight is 491 g/mol. The minimum absolute atomic E-state index is 0.107. The number of esters is 2. The molecule has 4 aliphatic carbocycles. The highest BCUT2D eigenvalue weighted by molar-refractivity contribution is 6.21. The molecule has 0 aromatic carbocycles. The van der Waals surface area contributed by atoms with Crippen molar-refractivity contribution in [2.24, 2.45) is 40.4 Å². The molecule has 0 spiro atoms. The Balaban J connectivity index is 1.65. The summed E-state index contributed by atoms with van der Waals surface area (Å²) in [6, 6.07) is 0. The van der Waals surface area contributed by atoms with Crippen molar-refractivity contribution in [1.29, 1.82) is 0 Å². The monoisotopic (exact) mass is 490 g/mol. The predicted octanol–water partition coefficient (Wildman–Crippen LogP) is 5.65. The van der Waals surface area contributed by atoms with E-state index in [1.807, 2.05) is 13.0 Å². The van der Waals surface area contributed by atoms with Gasteiger partial charge in [0.05, 0.1) is 12.0 Å². The first kappa shape index (κ1) is 25.5. The lowest BCUT2D eigenvalue weighted by atomic mass is 9.45. The normalized spacial score (nSPS) is 42.3. The fourth-order valence-corrected chi connectivity index (χ4v) is 8.80. The van der Waals surface area contributed by atoms with Crippen LogP contribution in [0.5, 0.6) is 0 Å². The van der Waals surface area contributed by atoms with Gasteiger partial charge in [-0.05, 0) is 91.1 Å². The van der Waals surface area contributed by atoms with Crippen LogP contribution in [0, 0.1) is 40.4 Å². The standard InChI is InChI=1S/C28H39ClO5/c1-6-33-23(32)10-7-16(2)19-8-9-20-24-21(12-14-27(19,20)4)28(5)13-11-18(31)15-22(28)26(25(24)29)34-17(3)30/h7,10,15-16,19-21,24-26H,6,8-9,11-14H2,1-5H3/b10-7+/t16-,19?,20?,21?,24?,25?,26+,27-,28-/m1/s1. The Morgan fingerprint density at radius 1 is 1.21 bits per heavy atom. The number of hydrogen-bond donors (Lipinski definition) is 0. The van der Waals surface area contributed by atoms with Crippen molar-refractivity contribution in [2.45, 2.75) is 84.6 Å².